The van der Waals surface area contributed by atoms with E-state index in [-0.39, 0.29) is 0 Å². The molecule has 6 N–H and O–H groups in total. The first kappa shape index (κ1) is 16.7. The van der Waals surface area contributed by atoms with Gasteiger partial charge in [0, 0.05) is 11.3 Å². The molecule has 1 aromatic heterocycles. The minimum absolute atomic E-state index is 0.332. The Morgan fingerprint density at radius 3 is 2.78 bits per heavy atom. The van der Waals surface area contributed by atoms with Gasteiger partial charge in [0.25, 0.3) is 0 Å². The van der Waals surface area contributed by atoms with E-state index in [1.807, 2.05) is 18.4 Å². The predicted octanol–water partition coefficient (Wildman–Crippen LogP) is 2.36. The summed E-state index contributed by atoms with van der Waals surface area (Å²) in [7, 11) is 1.94. The Morgan fingerprint density at radius 2 is 2.17 bits per heavy atom. The first-order valence-corrected chi connectivity index (χ1v) is 9.28. The minimum atomic E-state index is -0.474. The minimum Gasteiger partial charge on any atom is -0.370 e. The molecule has 0 bridgehead atoms. The van der Waals surface area contributed by atoms with Crippen molar-refractivity contribution < 1.29 is 0 Å². The Morgan fingerprint density at radius 1 is 1.43 bits per heavy atom. The van der Waals surface area contributed by atoms with Gasteiger partial charge in [0.15, 0.2) is 11.6 Å². The number of guanidine groups is 1. The highest BCUT2D eigenvalue weighted by molar-refractivity contribution is 7.13. The predicted molar refractivity (Wildman–Crippen MR) is 98.9 cm³/mol. The van der Waals surface area contributed by atoms with E-state index in [1.165, 1.54) is 27.4 Å². The van der Waals surface area contributed by atoms with E-state index in [2.05, 4.69) is 36.4 Å². The largest absolute Gasteiger partial charge is 0.370 e. The van der Waals surface area contributed by atoms with Gasteiger partial charge in [-0.05, 0) is 49.8 Å². The molecule has 0 aromatic carbocycles. The van der Waals surface area contributed by atoms with E-state index in [4.69, 9.17) is 11.5 Å². The fourth-order valence-electron chi connectivity index (χ4n) is 3.83. The van der Waals surface area contributed by atoms with Crippen LogP contribution in [0, 0.1) is 11.3 Å². The molecular weight excluding hydrogens is 306 g/mol. The van der Waals surface area contributed by atoms with Crippen molar-refractivity contribution in [1.29, 1.82) is 0 Å². The van der Waals surface area contributed by atoms with Crippen LogP contribution in [0.15, 0.2) is 4.99 Å². The Balaban J connectivity index is 2.05. The lowest BCUT2D eigenvalue weighted by Gasteiger charge is -2.35. The number of aryl methyl sites for hydroxylation is 1. The molecule has 2 atom stereocenters. The molecule has 5 nitrogen and oxygen atoms in total. The van der Waals surface area contributed by atoms with Crippen LogP contribution >= 0.6 is 11.3 Å². The van der Waals surface area contributed by atoms with Crippen molar-refractivity contribution in [3.8, 4) is 0 Å². The topological polar surface area (TPSA) is 88.5 Å². The van der Waals surface area contributed by atoms with Crippen molar-refractivity contribution in [3.63, 3.8) is 0 Å². The van der Waals surface area contributed by atoms with Crippen molar-refractivity contribution >= 4 is 23.0 Å². The molecular formula is C17H29N5S. The van der Waals surface area contributed by atoms with Gasteiger partial charge in [-0.2, -0.15) is 0 Å². The molecule has 0 amide bonds. The van der Waals surface area contributed by atoms with Crippen LogP contribution < -0.4 is 22.1 Å². The van der Waals surface area contributed by atoms with Gasteiger partial charge >= 0.3 is 0 Å². The van der Waals surface area contributed by atoms with Gasteiger partial charge in [0.1, 0.15) is 0 Å². The summed E-state index contributed by atoms with van der Waals surface area (Å²) in [6.45, 7) is 7.61. The summed E-state index contributed by atoms with van der Waals surface area (Å²) >= 11 is 1.88. The number of fused-ring (bicyclic) bond motifs is 3. The van der Waals surface area contributed by atoms with Gasteiger partial charge < -0.3 is 16.8 Å². The zero-order chi connectivity index (χ0) is 16.8. The number of rotatable bonds is 3. The second-order valence-electron chi connectivity index (χ2n) is 7.78. The molecule has 0 saturated carbocycles. The number of nitrogens with two attached hydrogens (primary N) is 2. The van der Waals surface area contributed by atoms with Gasteiger partial charge in [0.2, 0.25) is 0 Å². The number of nitrogens with zero attached hydrogens (tertiary/aromatic N) is 1. The Bertz CT molecular complexity index is 628. The summed E-state index contributed by atoms with van der Waals surface area (Å²) in [6.07, 6.45) is 4.28. The molecule has 3 rings (SSSR count). The van der Waals surface area contributed by atoms with Crippen LogP contribution in [-0.2, 0) is 18.5 Å². The Labute approximate surface area is 142 Å². The van der Waals surface area contributed by atoms with Crippen LogP contribution in [0.2, 0.25) is 0 Å². The van der Waals surface area contributed by atoms with E-state index in [9.17, 15) is 0 Å². The van der Waals surface area contributed by atoms with Crippen LogP contribution in [0.4, 0.5) is 5.69 Å². The lowest BCUT2D eigenvalue weighted by atomic mass is 9.72. The molecule has 1 aliphatic heterocycles. The molecule has 128 valence electrons. The van der Waals surface area contributed by atoms with Gasteiger partial charge in [-0.3, -0.25) is 5.32 Å². The SMILES string of the molecule is CNC1(CCN)N=C(N)Nc2c1sc1c2CC(C(C)(C)C)CC1. The lowest BCUT2D eigenvalue weighted by Crippen LogP contribution is -2.45. The van der Waals surface area contributed by atoms with E-state index in [0.717, 1.165) is 19.3 Å². The Kier molecular flexibility index (Phi) is 4.19. The summed E-state index contributed by atoms with van der Waals surface area (Å²) in [6, 6.07) is 0. The number of aliphatic imine (C=N–C) groups is 1. The molecule has 0 radical (unpaired) electrons. The molecule has 0 spiro atoms. The zero-order valence-corrected chi connectivity index (χ0v) is 15.4. The van der Waals surface area contributed by atoms with Crippen LogP contribution in [0.5, 0.6) is 0 Å². The highest BCUT2D eigenvalue weighted by Crippen LogP contribution is 2.49. The molecule has 2 heterocycles. The second-order valence-corrected chi connectivity index (χ2v) is 8.89. The molecule has 2 unspecified atom stereocenters. The van der Waals surface area contributed by atoms with E-state index < -0.39 is 5.66 Å². The molecule has 1 aliphatic carbocycles. The first-order chi connectivity index (χ1) is 10.8. The average Bonchev–Trinajstić information content (AvgIpc) is 2.85. The third kappa shape index (κ3) is 2.77. The number of hydrogen-bond acceptors (Lipinski definition) is 6. The number of anilines is 1. The molecule has 1 aromatic rings. The smallest absolute Gasteiger partial charge is 0.195 e. The van der Waals surface area contributed by atoms with Crippen molar-refractivity contribution in [3.05, 3.63) is 15.3 Å². The van der Waals surface area contributed by atoms with Crippen molar-refractivity contribution in [2.75, 3.05) is 18.9 Å². The molecule has 6 heteroatoms. The first-order valence-electron chi connectivity index (χ1n) is 8.47. The van der Waals surface area contributed by atoms with Crippen molar-refractivity contribution in [2.45, 2.75) is 52.1 Å². The quantitative estimate of drug-likeness (QED) is 0.683. The molecule has 2 aliphatic rings. The maximum atomic E-state index is 6.11. The fraction of sp³-hybridized carbons (Fsp3) is 0.706. The van der Waals surface area contributed by atoms with Crippen molar-refractivity contribution in [1.82, 2.24) is 5.32 Å². The molecule has 0 saturated heterocycles. The van der Waals surface area contributed by atoms with Crippen LogP contribution in [-0.4, -0.2) is 19.6 Å². The highest BCUT2D eigenvalue weighted by atomic mass is 32.1. The summed E-state index contributed by atoms with van der Waals surface area (Å²) < 4.78 is 0. The Hall–Kier alpha value is -1.11. The van der Waals surface area contributed by atoms with E-state index in [0.29, 0.717) is 23.8 Å². The summed E-state index contributed by atoms with van der Waals surface area (Å²) in [5.74, 6) is 1.19. The maximum Gasteiger partial charge on any atom is 0.195 e. The normalized spacial score (nSPS) is 27.0. The second kappa shape index (κ2) is 5.76. The summed E-state index contributed by atoms with van der Waals surface area (Å²) in [5.41, 5.74) is 14.5. The number of nitrogens with one attached hydrogen (secondary N) is 2. The van der Waals surface area contributed by atoms with Gasteiger partial charge in [-0.1, -0.05) is 20.8 Å². The lowest BCUT2D eigenvalue weighted by molar-refractivity contribution is 0.217. The van der Waals surface area contributed by atoms with Gasteiger partial charge in [-0.25, -0.2) is 4.99 Å². The monoisotopic (exact) mass is 335 g/mol. The molecule has 23 heavy (non-hydrogen) atoms. The third-order valence-corrected chi connectivity index (χ3v) is 6.79. The van der Waals surface area contributed by atoms with Gasteiger partial charge in [0.05, 0.1) is 10.6 Å². The van der Waals surface area contributed by atoms with Crippen LogP contribution in [0.25, 0.3) is 0 Å². The third-order valence-electron chi connectivity index (χ3n) is 5.35. The highest BCUT2D eigenvalue weighted by Gasteiger charge is 2.41. The summed E-state index contributed by atoms with van der Waals surface area (Å²) in [5, 5.41) is 6.72. The number of hydrogen-bond donors (Lipinski definition) is 4. The molecule has 0 fully saturated rings. The van der Waals surface area contributed by atoms with Crippen LogP contribution in [0.3, 0.4) is 0 Å². The number of thiophene rings is 1. The zero-order valence-electron chi connectivity index (χ0n) is 14.6. The standard InChI is InChI=1S/C17H29N5S/c1-16(2,3)10-5-6-12-11(9-10)13-14(23-12)17(20-4,7-8-18)22-15(19)21-13/h10,20H,5-9,18H2,1-4H3,(H3,19,21,22). The van der Waals surface area contributed by atoms with E-state index in [1.54, 1.807) is 0 Å². The summed E-state index contributed by atoms with van der Waals surface area (Å²) in [4.78, 5) is 7.42. The van der Waals surface area contributed by atoms with E-state index >= 15 is 0 Å². The van der Waals surface area contributed by atoms with Crippen molar-refractivity contribution in [2.24, 2.45) is 27.8 Å². The maximum absolute atomic E-state index is 6.11. The average molecular weight is 336 g/mol. The fourth-order valence-corrected chi connectivity index (χ4v) is 5.30. The van der Waals surface area contributed by atoms with Gasteiger partial charge in [-0.15, -0.1) is 11.3 Å². The van der Waals surface area contributed by atoms with Crippen LogP contribution in [0.1, 0.15) is 48.9 Å².